The summed E-state index contributed by atoms with van der Waals surface area (Å²) in [6, 6.07) is 7.75. The van der Waals surface area contributed by atoms with Gasteiger partial charge in [-0.2, -0.15) is 0 Å². The van der Waals surface area contributed by atoms with Crippen LogP contribution in [0.4, 0.5) is 0 Å². The molecule has 3 aliphatic heterocycles. The van der Waals surface area contributed by atoms with E-state index in [0.717, 1.165) is 24.9 Å². The van der Waals surface area contributed by atoms with Gasteiger partial charge in [-0.05, 0) is 29.9 Å². The van der Waals surface area contributed by atoms with Crippen molar-refractivity contribution in [2.24, 2.45) is 11.8 Å². The molecule has 2 unspecified atom stereocenters. The summed E-state index contributed by atoms with van der Waals surface area (Å²) in [7, 11) is 0. The van der Waals surface area contributed by atoms with Crippen LogP contribution in [0.5, 0.6) is 0 Å². The molecule has 3 heterocycles. The number of hydrogen-bond donors (Lipinski definition) is 0. The van der Waals surface area contributed by atoms with E-state index in [2.05, 4.69) is 12.1 Å². The molecule has 158 valence electrons. The molecule has 0 saturated carbocycles. The predicted octanol–water partition coefficient (Wildman–Crippen LogP) is 2.60. The van der Waals surface area contributed by atoms with Gasteiger partial charge < -0.3 is 19.3 Å². The Hall–Kier alpha value is -1.92. The molecule has 6 nitrogen and oxygen atoms in total. The van der Waals surface area contributed by atoms with Gasteiger partial charge >= 0.3 is 0 Å². The van der Waals surface area contributed by atoms with Crippen molar-refractivity contribution in [3.8, 4) is 0 Å². The van der Waals surface area contributed by atoms with Gasteiger partial charge in [0.1, 0.15) is 6.04 Å². The molecule has 4 rings (SSSR count). The van der Waals surface area contributed by atoms with Crippen LogP contribution in [0.15, 0.2) is 24.3 Å². The number of carbonyl (C=O) groups excluding carboxylic acids is 2. The zero-order chi connectivity index (χ0) is 20.4. The molecule has 3 aliphatic rings. The van der Waals surface area contributed by atoms with Crippen molar-refractivity contribution in [2.75, 3.05) is 26.3 Å². The first-order chi connectivity index (χ1) is 14.0. The quantitative estimate of drug-likeness (QED) is 0.780. The number of hydrogen-bond acceptors (Lipinski definition) is 4. The molecule has 0 bridgehead atoms. The third-order valence-electron chi connectivity index (χ3n) is 6.24. The Labute approximate surface area is 173 Å². The molecule has 1 aromatic rings. The first kappa shape index (κ1) is 20.4. The van der Waals surface area contributed by atoms with E-state index in [4.69, 9.17) is 9.47 Å². The van der Waals surface area contributed by atoms with Crippen LogP contribution in [-0.2, 0) is 32.0 Å². The number of ether oxygens (including phenoxy) is 2. The number of benzene rings is 1. The number of likely N-dealkylation sites (tertiary alicyclic amines) is 1. The van der Waals surface area contributed by atoms with Crippen LogP contribution in [0.2, 0.25) is 0 Å². The normalized spacial score (nSPS) is 25.3. The van der Waals surface area contributed by atoms with Crippen molar-refractivity contribution >= 4 is 11.8 Å². The van der Waals surface area contributed by atoms with Gasteiger partial charge in [0.15, 0.2) is 6.29 Å². The smallest absolute Gasteiger partial charge is 0.245 e. The first-order valence-corrected chi connectivity index (χ1v) is 10.9. The molecule has 0 aliphatic carbocycles. The van der Waals surface area contributed by atoms with Crippen LogP contribution in [-0.4, -0.2) is 60.2 Å². The lowest BCUT2D eigenvalue weighted by atomic mass is 9.91. The summed E-state index contributed by atoms with van der Waals surface area (Å²) in [6.07, 6.45) is 2.83. The Morgan fingerprint density at radius 3 is 2.59 bits per heavy atom. The van der Waals surface area contributed by atoms with Crippen LogP contribution in [0.25, 0.3) is 0 Å². The summed E-state index contributed by atoms with van der Waals surface area (Å²) in [6.45, 7) is 7.26. The van der Waals surface area contributed by atoms with Gasteiger partial charge in [0, 0.05) is 38.4 Å². The molecule has 6 heteroatoms. The summed E-state index contributed by atoms with van der Waals surface area (Å²) in [5, 5.41) is 0. The molecule has 1 aromatic carbocycles. The van der Waals surface area contributed by atoms with E-state index in [1.807, 2.05) is 35.8 Å². The lowest BCUT2D eigenvalue weighted by molar-refractivity contribution is -0.152. The van der Waals surface area contributed by atoms with Gasteiger partial charge in [-0.3, -0.25) is 9.59 Å². The molecule has 0 aromatic heterocycles. The highest BCUT2D eigenvalue weighted by Crippen LogP contribution is 2.29. The van der Waals surface area contributed by atoms with Crippen molar-refractivity contribution in [1.29, 1.82) is 0 Å². The summed E-state index contributed by atoms with van der Waals surface area (Å²) in [5.74, 6) is 0.625. The number of rotatable bonds is 4. The molecular weight excluding hydrogens is 368 g/mol. The lowest BCUT2D eigenvalue weighted by Crippen LogP contribution is -2.56. The van der Waals surface area contributed by atoms with E-state index in [9.17, 15) is 9.59 Å². The second kappa shape index (κ2) is 8.84. The SMILES string of the molecule is CC(C)CC(=O)N1Cc2ccccc2CC1C(=O)N1CCCC(C2OCCO2)C1. The second-order valence-electron chi connectivity index (χ2n) is 8.90. The topological polar surface area (TPSA) is 59.1 Å². The number of carbonyl (C=O) groups is 2. The van der Waals surface area contributed by atoms with Crippen molar-refractivity contribution in [3.63, 3.8) is 0 Å². The lowest BCUT2D eigenvalue weighted by Gasteiger charge is -2.41. The fourth-order valence-corrected chi connectivity index (χ4v) is 4.76. The molecular formula is C23H32N2O4. The van der Waals surface area contributed by atoms with Crippen molar-refractivity contribution in [1.82, 2.24) is 9.80 Å². The Morgan fingerprint density at radius 2 is 1.86 bits per heavy atom. The number of amides is 2. The van der Waals surface area contributed by atoms with Crippen LogP contribution < -0.4 is 0 Å². The standard InChI is InChI=1S/C23H32N2O4/c1-16(2)12-21(26)25-15-18-7-4-3-6-17(18)13-20(25)22(27)24-9-5-8-19(14-24)23-28-10-11-29-23/h3-4,6-7,16,19-20,23H,5,8-15H2,1-2H3. The van der Waals surface area contributed by atoms with E-state index in [1.54, 1.807) is 0 Å². The predicted molar refractivity (Wildman–Crippen MR) is 109 cm³/mol. The molecule has 2 atom stereocenters. The molecule has 2 fully saturated rings. The Bertz CT molecular complexity index is 744. The highest BCUT2D eigenvalue weighted by atomic mass is 16.7. The molecule has 0 radical (unpaired) electrons. The summed E-state index contributed by atoms with van der Waals surface area (Å²) >= 11 is 0. The van der Waals surface area contributed by atoms with Crippen LogP contribution in [0.1, 0.15) is 44.2 Å². The zero-order valence-corrected chi connectivity index (χ0v) is 17.5. The maximum Gasteiger partial charge on any atom is 0.245 e. The average Bonchev–Trinajstić information content (AvgIpc) is 3.27. The third kappa shape index (κ3) is 4.48. The van der Waals surface area contributed by atoms with E-state index < -0.39 is 6.04 Å². The third-order valence-corrected chi connectivity index (χ3v) is 6.24. The van der Waals surface area contributed by atoms with Crippen LogP contribution in [0.3, 0.4) is 0 Å². The fourth-order valence-electron chi connectivity index (χ4n) is 4.76. The number of nitrogens with zero attached hydrogens (tertiary/aromatic N) is 2. The summed E-state index contributed by atoms with van der Waals surface area (Å²) < 4.78 is 11.4. The maximum atomic E-state index is 13.6. The molecule has 2 amide bonds. The Kier molecular flexibility index (Phi) is 6.20. The summed E-state index contributed by atoms with van der Waals surface area (Å²) in [5.41, 5.74) is 2.33. The highest BCUT2D eigenvalue weighted by molar-refractivity contribution is 5.88. The first-order valence-electron chi connectivity index (χ1n) is 10.9. The van der Waals surface area contributed by atoms with Gasteiger partial charge in [-0.25, -0.2) is 0 Å². The highest BCUT2D eigenvalue weighted by Gasteiger charge is 2.39. The minimum atomic E-state index is -0.416. The largest absolute Gasteiger partial charge is 0.350 e. The van der Waals surface area contributed by atoms with E-state index in [1.165, 1.54) is 5.56 Å². The monoisotopic (exact) mass is 400 g/mol. The average molecular weight is 401 g/mol. The fraction of sp³-hybridized carbons (Fsp3) is 0.652. The molecule has 2 saturated heterocycles. The van der Waals surface area contributed by atoms with Gasteiger partial charge in [0.05, 0.1) is 13.2 Å². The van der Waals surface area contributed by atoms with Crippen LogP contribution in [0, 0.1) is 11.8 Å². The number of fused-ring (bicyclic) bond motifs is 1. The molecule has 0 spiro atoms. The van der Waals surface area contributed by atoms with Crippen molar-refractivity contribution in [2.45, 2.75) is 58.4 Å². The van der Waals surface area contributed by atoms with Gasteiger partial charge in [0.2, 0.25) is 11.8 Å². The maximum absolute atomic E-state index is 13.6. The Morgan fingerprint density at radius 1 is 1.14 bits per heavy atom. The van der Waals surface area contributed by atoms with E-state index >= 15 is 0 Å². The van der Waals surface area contributed by atoms with Gasteiger partial charge in [-0.15, -0.1) is 0 Å². The number of piperidine rings is 1. The summed E-state index contributed by atoms with van der Waals surface area (Å²) in [4.78, 5) is 30.3. The zero-order valence-electron chi connectivity index (χ0n) is 17.5. The van der Waals surface area contributed by atoms with Crippen molar-refractivity contribution in [3.05, 3.63) is 35.4 Å². The molecule has 29 heavy (non-hydrogen) atoms. The van der Waals surface area contributed by atoms with Gasteiger partial charge in [0.25, 0.3) is 0 Å². The van der Waals surface area contributed by atoms with Crippen LogP contribution >= 0.6 is 0 Å². The Balaban J connectivity index is 1.53. The molecule has 0 N–H and O–H groups in total. The minimum Gasteiger partial charge on any atom is -0.350 e. The van der Waals surface area contributed by atoms with E-state index in [0.29, 0.717) is 39.1 Å². The van der Waals surface area contributed by atoms with E-state index in [-0.39, 0.29) is 29.9 Å². The van der Waals surface area contributed by atoms with Crippen molar-refractivity contribution < 1.29 is 19.1 Å². The second-order valence-corrected chi connectivity index (χ2v) is 8.90. The minimum absolute atomic E-state index is 0.0688. The van der Waals surface area contributed by atoms with Gasteiger partial charge in [-0.1, -0.05) is 38.1 Å².